The van der Waals surface area contributed by atoms with E-state index < -0.39 is 23.4 Å². The van der Waals surface area contributed by atoms with Gasteiger partial charge in [0.1, 0.15) is 0 Å². The number of benzene rings is 2. The first kappa shape index (κ1) is 15.1. The summed E-state index contributed by atoms with van der Waals surface area (Å²) < 4.78 is 39.0. The molecule has 0 saturated carbocycles. The van der Waals surface area contributed by atoms with Crippen LogP contribution < -0.4 is 11.1 Å². The predicted molar refractivity (Wildman–Crippen MR) is 73.5 cm³/mol. The molecular formula is C15H13F3N2O. The summed E-state index contributed by atoms with van der Waals surface area (Å²) >= 11 is 0. The fourth-order valence-electron chi connectivity index (χ4n) is 1.81. The highest BCUT2D eigenvalue weighted by molar-refractivity contribution is 6.04. The Morgan fingerprint density at radius 3 is 2.14 bits per heavy atom. The van der Waals surface area contributed by atoms with E-state index in [1.54, 1.807) is 24.3 Å². The molecule has 0 aliphatic carbocycles. The van der Waals surface area contributed by atoms with Crippen LogP contribution in [0.3, 0.4) is 0 Å². The Morgan fingerprint density at radius 1 is 1.05 bits per heavy atom. The van der Waals surface area contributed by atoms with Gasteiger partial charge in [-0.15, -0.1) is 0 Å². The molecular weight excluding hydrogens is 281 g/mol. The molecule has 1 amide bonds. The number of amides is 1. The van der Waals surface area contributed by atoms with Crippen LogP contribution in [0.5, 0.6) is 0 Å². The van der Waals surface area contributed by atoms with Crippen molar-refractivity contribution in [2.45, 2.75) is 6.42 Å². The van der Waals surface area contributed by atoms with Gasteiger partial charge >= 0.3 is 0 Å². The van der Waals surface area contributed by atoms with Gasteiger partial charge in [0, 0.05) is 11.3 Å². The number of nitrogens with one attached hydrogen (secondary N) is 1. The Kier molecular flexibility index (Phi) is 4.59. The fourth-order valence-corrected chi connectivity index (χ4v) is 1.81. The Hall–Kier alpha value is -2.34. The van der Waals surface area contributed by atoms with Crippen molar-refractivity contribution in [3.63, 3.8) is 0 Å². The monoisotopic (exact) mass is 294 g/mol. The Labute approximate surface area is 119 Å². The molecule has 21 heavy (non-hydrogen) atoms. The second kappa shape index (κ2) is 6.41. The quantitative estimate of drug-likeness (QED) is 0.852. The minimum Gasteiger partial charge on any atom is -0.330 e. The zero-order chi connectivity index (χ0) is 15.4. The highest BCUT2D eigenvalue weighted by atomic mass is 19.2. The van der Waals surface area contributed by atoms with E-state index in [-0.39, 0.29) is 5.56 Å². The fraction of sp³-hybridized carbons (Fsp3) is 0.133. The maximum Gasteiger partial charge on any atom is 0.255 e. The third-order valence-corrected chi connectivity index (χ3v) is 2.89. The summed E-state index contributed by atoms with van der Waals surface area (Å²) in [4.78, 5) is 11.9. The minimum atomic E-state index is -1.60. The molecule has 2 aromatic carbocycles. The van der Waals surface area contributed by atoms with Crippen molar-refractivity contribution in [3.8, 4) is 0 Å². The molecule has 0 heterocycles. The molecule has 0 aromatic heterocycles. The van der Waals surface area contributed by atoms with Gasteiger partial charge in [0.05, 0.1) is 0 Å². The van der Waals surface area contributed by atoms with Crippen molar-refractivity contribution in [1.29, 1.82) is 0 Å². The van der Waals surface area contributed by atoms with Crippen molar-refractivity contribution in [1.82, 2.24) is 0 Å². The van der Waals surface area contributed by atoms with Crippen LogP contribution in [-0.2, 0) is 6.42 Å². The number of nitrogens with two attached hydrogens (primary N) is 1. The van der Waals surface area contributed by atoms with Gasteiger partial charge in [-0.25, -0.2) is 13.2 Å². The molecule has 0 fully saturated rings. The molecule has 0 atom stereocenters. The largest absolute Gasteiger partial charge is 0.330 e. The molecule has 2 rings (SSSR count). The Bertz CT molecular complexity index is 633. The highest BCUT2D eigenvalue weighted by Gasteiger charge is 2.15. The third-order valence-electron chi connectivity index (χ3n) is 2.89. The summed E-state index contributed by atoms with van der Waals surface area (Å²) in [5, 5.41) is 2.48. The lowest BCUT2D eigenvalue weighted by Crippen LogP contribution is -2.13. The predicted octanol–water partition coefficient (Wildman–Crippen LogP) is 2.86. The van der Waals surface area contributed by atoms with E-state index in [1.807, 2.05) is 0 Å². The second-order valence-corrected chi connectivity index (χ2v) is 4.44. The molecule has 3 N–H and O–H groups in total. The highest BCUT2D eigenvalue weighted by Crippen LogP contribution is 2.16. The lowest BCUT2D eigenvalue weighted by molar-refractivity contribution is 0.102. The van der Waals surface area contributed by atoms with Crippen molar-refractivity contribution in [2.75, 3.05) is 11.9 Å². The number of rotatable bonds is 4. The molecule has 0 radical (unpaired) electrons. The van der Waals surface area contributed by atoms with Crippen LogP contribution in [0.1, 0.15) is 15.9 Å². The average molecular weight is 294 g/mol. The molecule has 110 valence electrons. The van der Waals surface area contributed by atoms with Gasteiger partial charge in [0.25, 0.3) is 5.91 Å². The lowest BCUT2D eigenvalue weighted by atomic mass is 10.1. The van der Waals surface area contributed by atoms with E-state index >= 15 is 0 Å². The van der Waals surface area contributed by atoms with Gasteiger partial charge in [0.15, 0.2) is 17.5 Å². The van der Waals surface area contributed by atoms with Crippen molar-refractivity contribution in [3.05, 3.63) is 65.0 Å². The van der Waals surface area contributed by atoms with Crippen LogP contribution >= 0.6 is 0 Å². The van der Waals surface area contributed by atoms with Crippen LogP contribution in [0.15, 0.2) is 36.4 Å². The molecule has 0 bridgehead atoms. The van der Waals surface area contributed by atoms with Gasteiger partial charge in [-0.2, -0.15) is 0 Å². The molecule has 6 heteroatoms. The van der Waals surface area contributed by atoms with Gasteiger partial charge in [-0.3, -0.25) is 4.79 Å². The van der Waals surface area contributed by atoms with E-state index in [1.165, 1.54) is 0 Å². The summed E-state index contributed by atoms with van der Waals surface area (Å²) in [5.74, 6) is -5.13. The zero-order valence-electron chi connectivity index (χ0n) is 11.0. The van der Waals surface area contributed by atoms with Crippen LogP contribution in [0, 0.1) is 17.5 Å². The van der Waals surface area contributed by atoms with Gasteiger partial charge in [-0.1, -0.05) is 12.1 Å². The molecule has 0 saturated heterocycles. The number of carbonyl (C=O) groups excluding carboxylic acids is 1. The average Bonchev–Trinajstić information content (AvgIpc) is 2.46. The first-order valence-corrected chi connectivity index (χ1v) is 6.26. The summed E-state index contributed by atoms with van der Waals surface area (Å²) in [6.45, 7) is 0.514. The van der Waals surface area contributed by atoms with E-state index in [0.29, 0.717) is 30.8 Å². The number of anilines is 1. The van der Waals surface area contributed by atoms with E-state index in [9.17, 15) is 18.0 Å². The smallest absolute Gasteiger partial charge is 0.255 e. The van der Waals surface area contributed by atoms with Crippen molar-refractivity contribution >= 4 is 11.6 Å². The zero-order valence-corrected chi connectivity index (χ0v) is 11.0. The topological polar surface area (TPSA) is 55.1 Å². The summed E-state index contributed by atoms with van der Waals surface area (Å²) in [6.07, 6.45) is 0.711. The van der Waals surface area contributed by atoms with Gasteiger partial charge in [0.2, 0.25) is 0 Å². The molecule has 0 aliphatic heterocycles. The van der Waals surface area contributed by atoms with Crippen LogP contribution in [0.2, 0.25) is 0 Å². The lowest BCUT2D eigenvalue weighted by Gasteiger charge is -2.07. The van der Waals surface area contributed by atoms with E-state index in [0.717, 1.165) is 5.56 Å². The number of halogens is 3. The molecule has 0 spiro atoms. The number of carbonyl (C=O) groups is 1. The SMILES string of the molecule is NCCc1ccc(NC(=O)c2cc(F)c(F)c(F)c2)cc1. The van der Waals surface area contributed by atoms with Gasteiger partial charge in [-0.05, 0) is 42.8 Å². The van der Waals surface area contributed by atoms with E-state index in [4.69, 9.17) is 5.73 Å². The third kappa shape index (κ3) is 3.61. The molecule has 0 unspecified atom stereocenters. The maximum atomic E-state index is 13.1. The standard InChI is InChI=1S/C15H13F3N2O/c16-12-7-10(8-13(17)14(12)18)15(21)20-11-3-1-9(2-4-11)5-6-19/h1-4,7-8H,5-6,19H2,(H,20,21). The van der Waals surface area contributed by atoms with Crippen LogP contribution in [0.25, 0.3) is 0 Å². The minimum absolute atomic E-state index is 0.294. The normalized spacial score (nSPS) is 10.5. The summed E-state index contributed by atoms with van der Waals surface area (Å²) in [6, 6.07) is 8.17. The first-order chi connectivity index (χ1) is 10.0. The number of hydrogen-bond donors (Lipinski definition) is 2. The van der Waals surface area contributed by atoms with E-state index in [2.05, 4.69) is 5.32 Å². The summed E-state index contributed by atoms with van der Waals surface area (Å²) in [5.41, 5.74) is 6.60. The van der Waals surface area contributed by atoms with Gasteiger partial charge < -0.3 is 11.1 Å². The molecule has 2 aromatic rings. The molecule has 0 aliphatic rings. The Balaban J connectivity index is 2.14. The Morgan fingerprint density at radius 2 is 1.62 bits per heavy atom. The van der Waals surface area contributed by atoms with Crippen molar-refractivity contribution < 1.29 is 18.0 Å². The molecule has 3 nitrogen and oxygen atoms in total. The maximum absolute atomic E-state index is 13.1. The van der Waals surface area contributed by atoms with Crippen LogP contribution in [-0.4, -0.2) is 12.5 Å². The van der Waals surface area contributed by atoms with Crippen LogP contribution in [0.4, 0.5) is 18.9 Å². The summed E-state index contributed by atoms with van der Waals surface area (Å²) in [7, 11) is 0. The second-order valence-electron chi connectivity index (χ2n) is 4.44. The van der Waals surface area contributed by atoms with Crippen molar-refractivity contribution in [2.24, 2.45) is 5.73 Å². The first-order valence-electron chi connectivity index (χ1n) is 6.26. The number of hydrogen-bond acceptors (Lipinski definition) is 2.